The van der Waals surface area contributed by atoms with Crippen molar-refractivity contribution in [3.05, 3.63) is 34.4 Å². The first kappa shape index (κ1) is 27.0. The predicted molar refractivity (Wildman–Crippen MR) is 131 cm³/mol. The molecule has 1 heterocycles. The summed E-state index contributed by atoms with van der Waals surface area (Å²) in [5.74, 6) is -3.49. The molecule has 10 heteroatoms. The number of hydrogen-bond acceptors (Lipinski definition) is 10. The lowest BCUT2D eigenvalue weighted by Gasteiger charge is -2.66. The zero-order chi connectivity index (χ0) is 27.8. The van der Waals surface area contributed by atoms with E-state index in [0.29, 0.717) is 24.8 Å². The molecule has 10 atom stereocenters. The van der Waals surface area contributed by atoms with Gasteiger partial charge in [0, 0.05) is 43.6 Å². The fraction of sp³-hybridized carbons (Fsp3) is 0.714. The molecular formula is C28H36O10. The summed E-state index contributed by atoms with van der Waals surface area (Å²) in [7, 11) is 0. The number of rotatable bonds is 3. The second kappa shape index (κ2) is 8.72. The molecule has 1 aromatic heterocycles. The number of aliphatic hydroxyl groups excluding tert-OH is 1. The molecule has 4 aliphatic rings. The van der Waals surface area contributed by atoms with E-state index in [0.717, 1.165) is 0 Å². The average Bonchev–Trinajstić information content (AvgIpc) is 3.11. The van der Waals surface area contributed by atoms with Crippen LogP contribution in [0.25, 0.3) is 0 Å². The van der Waals surface area contributed by atoms with Crippen molar-refractivity contribution in [3.8, 4) is 0 Å². The van der Waals surface area contributed by atoms with Gasteiger partial charge in [-0.15, -0.1) is 0 Å². The highest BCUT2D eigenvalue weighted by molar-refractivity contribution is 5.93. The Morgan fingerprint density at radius 2 is 1.61 bits per heavy atom. The van der Waals surface area contributed by atoms with Gasteiger partial charge in [-0.3, -0.25) is 14.4 Å². The van der Waals surface area contributed by atoms with Crippen LogP contribution in [0.3, 0.4) is 0 Å². The summed E-state index contributed by atoms with van der Waals surface area (Å²) in [6.45, 7) is 5.94. The molecule has 208 valence electrons. The lowest BCUT2D eigenvalue weighted by atomic mass is 9.40. The van der Waals surface area contributed by atoms with Gasteiger partial charge in [0.1, 0.15) is 18.3 Å². The minimum absolute atomic E-state index is 0.0213. The van der Waals surface area contributed by atoms with E-state index in [2.05, 4.69) is 0 Å². The molecule has 3 N–H and O–H groups in total. The molecule has 0 unspecified atom stereocenters. The Bertz CT molecular complexity index is 1200. The quantitative estimate of drug-likeness (QED) is 0.488. The van der Waals surface area contributed by atoms with Gasteiger partial charge in [-0.25, -0.2) is 4.79 Å². The Hall–Kier alpha value is -2.56. The molecule has 0 bridgehead atoms. The van der Waals surface area contributed by atoms with Crippen LogP contribution in [0, 0.1) is 22.7 Å². The summed E-state index contributed by atoms with van der Waals surface area (Å²) < 4.78 is 16.0. The van der Waals surface area contributed by atoms with E-state index in [1.807, 2.05) is 0 Å². The van der Waals surface area contributed by atoms with Gasteiger partial charge in [-0.05, 0) is 56.6 Å². The zero-order valence-electron chi connectivity index (χ0n) is 22.1. The Balaban J connectivity index is 1.56. The number of aliphatic hydroxyl groups is 3. The Labute approximate surface area is 220 Å². The first-order valence-corrected chi connectivity index (χ1v) is 13.3. The summed E-state index contributed by atoms with van der Waals surface area (Å²) in [5, 5.41) is 36.0. The maximum atomic E-state index is 14.1. The highest BCUT2D eigenvalue weighted by Gasteiger charge is 2.76. The lowest BCUT2D eigenvalue weighted by Crippen LogP contribution is -2.74. The molecule has 0 aliphatic heterocycles. The van der Waals surface area contributed by atoms with E-state index >= 15 is 0 Å². The lowest BCUT2D eigenvalue weighted by molar-refractivity contribution is -0.279. The minimum Gasteiger partial charge on any atom is -0.459 e. The normalized spacial score (nSPS) is 45.9. The van der Waals surface area contributed by atoms with Crippen molar-refractivity contribution in [3.63, 3.8) is 0 Å². The van der Waals surface area contributed by atoms with Crippen molar-refractivity contribution in [2.75, 3.05) is 0 Å². The van der Waals surface area contributed by atoms with E-state index in [4.69, 9.17) is 13.9 Å². The van der Waals surface area contributed by atoms with Crippen molar-refractivity contribution in [2.45, 2.75) is 102 Å². The highest BCUT2D eigenvalue weighted by atomic mass is 16.6. The fourth-order valence-electron chi connectivity index (χ4n) is 8.76. The molecule has 10 nitrogen and oxygen atoms in total. The standard InChI is InChI=1S/C28H36O10/c1-14(29)37-19-11-25(3)22-18(7-9-27(25,34)12-20(19)38-15(2)30)28(35)10-8-17(16-5-6-21(31)36-13-16)26(28,4)24(33)23(22)32/h5-6,13,17-20,22-23,32,34-35H,7-12H2,1-4H3/t17-,18+,19+,20-,22-,23+,25-,26+,27+,28+/m1/s1. The second-order valence-electron chi connectivity index (χ2n) is 12.2. The topological polar surface area (TPSA) is 161 Å². The van der Waals surface area contributed by atoms with Crippen LogP contribution >= 0.6 is 0 Å². The number of hydrogen-bond donors (Lipinski definition) is 3. The molecule has 4 fully saturated rings. The Kier molecular flexibility index (Phi) is 6.20. The summed E-state index contributed by atoms with van der Waals surface area (Å²) in [4.78, 5) is 49.3. The second-order valence-corrected chi connectivity index (χ2v) is 12.2. The first-order valence-electron chi connectivity index (χ1n) is 13.3. The number of ketones is 1. The van der Waals surface area contributed by atoms with E-state index in [1.54, 1.807) is 19.9 Å². The zero-order valence-corrected chi connectivity index (χ0v) is 22.1. The highest BCUT2D eigenvalue weighted by Crippen LogP contribution is 2.70. The molecule has 5 rings (SSSR count). The predicted octanol–water partition coefficient (Wildman–Crippen LogP) is 1.62. The Morgan fingerprint density at radius 3 is 2.18 bits per heavy atom. The molecule has 0 aromatic carbocycles. The van der Waals surface area contributed by atoms with Gasteiger partial charge in [-0.1, -0.05) is 6.92 Å². The number of Topliss-reactive ketones (excluding diaryl/α,β-unsaturated/α-hetero) is 1. The molecule has 4 aliphatic carbocycles. The maximum absolute atomic E-state index is 14.1. The van der Waals surface area contributed by atoms with Gasteiger partial charge in [-0.2, -0.15) is 0 Å². The third-order valence-corrected chi connectivity index (χ3v) is 10.6. The Morgan fingerprint density at radius 1 is 0.974 bits per heavy atom. The van der Waals surface area contributed by atoms with Crippen LogP contribution in [0.4, 0.5) is 0 Å². The van der Waals surface area contributed by atoms with Gasteiger partial charge in [0.2, 0.25) is 0 Å². The number of fused-ring (bicyclic) bond motifs is 5. The van der Waals surface area contributed by atoms with Crippen molar-refractivity contribution in [2.24, 2.45) is 22.7 Å². The van der Waals surface area contributed by atoms with Crippen molar-refractivity contribution >= 4 is 17.7 Å². The van der Waals surface area contributed by atoms with Crippen molar-refractivity contribution in [1.29, 1.82) is 0 Å². The monoisotopic (exact) mass is 532 g/mol. The van der Waals surface area contributed by atoms with E-state index in [-0.39, 0.29) is 19.3 Å². The molecular weight excluding hydrogens is 496 g/mol. The van der Waals surface area contributed by atoms with E-state index in [1.165, 1.54) is 26.2 Å². The molecule has 0 amide bonds. The molecule has 38 heavy (non-hydrogen) atoms. The maximum Gasteiger partial charge on any atom is 0.335 e. The number of carbonyl (C=O) groups is 3. The summed E-state index contributed by atoms with van der Waals surface area (Å²) in [6, 6.07) is 2.88. The van der Waals surface area contributed by atoms with Gasteiger partial charge < -0.3 is 29.2 Å². The summed E-state index contributed by atoms with van der Waals surface area (Å²) in [5.41, 5.74) is -5.30. The van der Waals surface area contributed by atoms with Crippen LogP contribution in [0.2, 0.25) is 0 Å². The van der Waals surface area contributed by atoms with Crippen LogP contribution < -0.4 is 5.63 Å². The summed E-state index contributed by atoms with van der Waals surface area (Å²) >= 11 is 0. The van der Waals surface area contributed by atoms with E-state index in [9.17, 15) is 34.5 Å². The van der Waals surface area contributed by atoms with Crippen molar-refractivity contribution < 1.29 is 43.6 Å². The SMILES string of the molecule is CC(=O)O[C@H]1C[C@]2(C)[C@H]3[C@H](O)C(=O)[C@]4(C)[C@@H](c5ccc(=O)oc5)CC[C@]4(O)[C@H]3CC[C@]2(O)C[C@H]1OC(C)=O. The fourth-order valence-corrected chi connectivity index (χ4v) is 8.76. The largest absolute Gasteiger partial charge is 0.459 e. The summed E-state index contributed by atoms with van der Waals surface area (Å²) in [6.07, 6.45) is -0.571. The van der Waals surface area contributed by atoms with Crippen LogP contribution in [0.15, 0.2) is 27.6 Å². The average molecular weight is 533 g/mol. The van der Waals surface area contributed by atoms with Crippen molar-refractivity contribution in [1.82, 2.24) is 0 Å². The number of carbonyl (C=O) groups excluding carboxylic acids is 3. The third kappa shape index (κ3) is 3.56. The van der Waals surface area contributed by atoms with Crippen LogP contribution in [0.1, 0.15) is 77.7 Å². The molecule has 0 saturated heterocycles. The first-order chi connectivity index (χ1) is 17.7. The number of esters is 2. The third-order valence-electron chi connectivity index (χ3n) is 10.6. The van der Waals surface area contributed by atoms with Crippen LogP contribution in [-0.4, -0.2) is 62.6 Å². The van der Waals surface area contributed by atoms with Crippen LogP contribution in [-0.2, 0) is 23.9 Å². The van der Waals surface area contributed by atoms with Gasteiger partial charge in [0.15, 0.2) is 5.78 Å². The minimum atomic E-state index is -1.50. The van der Waals surface area contributed by atoms with E-state index < -0.39 is 81.4 Å². The molecule has 1 aromatic rings. The van der Waals surface area contributed by atoms with Crippen LogP contribution in [0.5, 0.6) is 0 Å². The number of ether oxygens (including phenoxy) is 2. The van der Waals surface area contributed by atoms with Gasteiger partial charge in [0.05, 0.1) is 22.9 Å². The smallest absolute Gasteiger partial charge is 0.335 e. The van der Waals surface area contributed by atoms with Gasteiger partial charge >= 0.3 is 17.6 Å². The molecule has 4 saturated carbocycles. The molecule has 0 spiro atoms. The van der Waals surface area contributed by atoms with Gasteiger partial charge in [0.25, 0.3) is 0 Å². The molecule has 0 radical (unpaired) electrons.